The molecule has 4 heterocycles. The number of rotatable bonds is 8. The molecule has 50 heavy (non-hydrogen) atoms. The average Bonchev–Trinajstić information content (AvgIpc) is 3.97. The van der Waals surface area contributed by atoms with Crippen molar-refractivity contribution in [2.75, 3.05) is 0 Å². The molecule has 12 nitrogen and oxygen atoms in total. The zero-order chi connectivity index (χ0) is 35.5. The van der Waals surface area contributed by atoms with Crippen LogP contribution in [-0.2, 0) is 24.0 Å². The maximum Gasteiger partial charge on any atom is 0.262 e. The van der Waals surface area contributed by atoms with E-state index in [2.05, 4.69) is 92.5 Å². The Labute approximate surface area is 289 Å². The number of aliphatic hydroxyl groups excluding tert-OH is 2. The maximum atomic E-state index is 12.3. The summed E-state index contributed by atoms with van der Waals surface area (Å²) in [6.45, 7) is 11.5. The van der Waals surface area contributed by atoms with E-state index in [1.807, 2.05) is 13.8 Å². The van der Waals surface area contributed by atoms with E-state index in [1.165, 1.54) is 36.8 Å². The third-order valence-electron chi connectivity index (χ3n) is 10.7. The summed E-state index contributed by atoms with van der Waals surface area (Å²) in [5.41, 5.74) is 6.84. The molecule has 4 aromatic heterocycles. The maximum absolute atomic E-state index is 12.3. The standard InChI is InChI=1S/2C19H22N4O2/c2*1-11(13-4-6-14(7-5-13)19(3)8-9-19)23-17-16(15(10-24)22-23)18(25)21-12(2)20-17/h2*4-7,11,24H,8-10H2,1-3H3,(H,20,21,25)/t2*11-/m10/s1. The van der Waals surface area contributed by atoms with E-state index in [0.29, 0.717) is 55.9 Å². The molecule has 2 aliphatic carbocycles. The van der Waals surface area contributed by atoms with Gasteiger partial charge >= 0.3 is 0 Å². The highest BCUT2D eigenvalue weighted by Gasteiger charge is 2.39. The van der Waals surface area contributed by atoms with Crippen molar-refractivity contribution >= 4 is 22.1 Å². The van der Waals surface area contributed by atoms with Crippen LogP contribution < -0.4 is 11.1 Å². The number of aliphatic hydroxyl groups is 2. The highest BCUT2D eigenvalue weighted by molar-refractivity contribution is 5.78. The zero-order valence-corrected chi connectivity index (χ0v) is 29.4. The number of benzene rings is 2. The van der Waals surface area contributed by atoms with Crippen LogP contribution in [0.1, 0.15) is 111 Å². The van der Waals surface area contributed by atoms with Crippen molar-refractivity contribution in [2.24, 2.45) is 0 Å². The Morgan fingerprint density at radius 3 is 1.30 bits per heavy atom. The molecule has 0 unspecified atom stereocenters. The molecule has 2 fully saturated rings. The van der Waals surface area contributed by atoms with E-state index in [1.54, 1.807) is 23.2 Å². The van der Waals surface area contributed by atoms with Crippen LogP contribution >= 0.6 is 0 Å². The monoisotopic (exact) mass is 676 g/mol. The van der Waals surface area contributed by atoms with Crippen LogP contribution in [0.2, 0.25) is 0 Å². The Morgan fingerprint density at radius 2 is 1.00 bits per heavy atom. The smallest absolute Gasteiger partial charge is 0.262 e. The van der Waals surface area contributed by atoms with Gasteiger partial charge in [0.15, 0.2) is 11.3 Å². The van der Waals surface area contributed by atoms with Gasteiger partial charge in [-0.3, -0.25) is 9.59 Å². The number of aromatic nitrogens is 8. The first kappa shape index (κ1) is 33.6. The molecule has 0 saturated heterocycles. The molecular weight excluding hydrogens is 632 g/mol. The molecule has 260 valence electrons. The number of nitrogens with zero attached hydrogens (tertiary/aromatic N) is 6. The van der Waals surface area contributed by atoms with Crippen LogP contribution in [-0.4, -0.2) is 49.7 Å². The van der Waals surface area contributed by atoms with Crippen LogP contribution in [0.3, 0.4) is 0 Å². The van der Waals surface area contributed by atoms with Crippen molar-refractivity contribution in [3.05, 3.63) is 115 Å². The molecule has 12 heteroatoms. The van der Waals surface area contributed by atoms with Crippen molar-refractivity contribution in [1.82, 2.24) is 39.5 Å². The van der Waals surface area contributed by atoms with Crippen LogP contribution in [0.15, 0.2) is 58.1 Å². The third kappa shape index (κ3) is 5.96. The van der Waals surface area contributed by atoms with E-state index >= 15 is 0 Å². The van der Waals surface area contributed by atoms with Gasteiger partial charge in [-0.05, 0) is 86.5 Å². The van der Waals surface area contributed by atoms with E-state index in [4.69, 9.17) is 0 Å². The summed E-state index contributed by atoms with van der Waals surface area (Å²) in [7, 11) is 0. The van der Waals surface area contributed by atoms with E-state index in [0.717, 1.165) is 11.1 Å². The summed E-state index contributed by atoms with van der Waals surface area (Å²) in [6, 6.07) is 17.0. The summed E-state index contributed by atoms with van der Waals surface area (Å²) in [4.78, 5) is 38.8. The Hall–Kier alpha value is -4.94. The second-order valence-corrected chi connectivity index (χ2v) is 14.5. The first-order valence-electron chi connectivity index (χ1n) is 17.2. The summed E-state index contributed by atoms with van der Waals surface area (Å²) < 4.78 is 3.47. The largest absolute Gasteiger partial charge is 0.390 e. The Morgan fingerprint density at radius 1 is 0.660 bits per heavy atom. The number of fused-ring (bicyclic) bond motifs is 2. The van der Waals surface area contributed by atoms with Crippen molar-refractivity contribution in [2.45, 2.75) is 103 Å². The molecular formula is C38H44N8O4. The molecule has 6 aromatic rings. The normalized spacial score (nSPS) is 17.0. The minimum absolute atomic E-state index is 0.0856. The van der Waals surface area contributed by atoms with E-state index < -0.39 is 0 Å². The van der Waals surface area contributed by atoms with Gasteiger partial charge in [0.25, 0.3) is 11.1 Å². The topological polar surface area (TPSA) is 168 Å². The summed E-state index contributed by atoms with van der Waals surface area (Å²) in [6.07, 6.45) is 4.99. The van der Waals surface area contributed by atoms with Gasteiger partial charge in [0.1, 0.15) is 33.8 Å². The summed E-state index contributed by atoms with van der Waals surface area (Å²) >= 11 is 0. The summed E-state index contributed by atoms with van der Waals surface area (Å²) in [5.74, 6) is 1.07. The fourth-order valence-electron chi connectivity index (χ4n) is 6.77. The molecule has 0 radical (unpaired) electrons. The minimum atomic E-state index is -0.290. The van der Waals surface area contributed by atoms with Gasteiger partial charge in [-0.2, -0.15) is 10.2 Å². The van der Waals surface area contributed by atoms with Crippen LogP contribution in [0.25, 0.3) is 22.1 Å². The number of H-pyrrole nitrogens is 2. The number of nitrogens with one attached hydrogen (secondary N) is 2. The molecule has 4 N–H and O–H groups in total. The molecule has 0 bridgehead atoms. The lowest BCUT2D eigenvalue weighted by Crippen LogP contribution is -2.13. The molecule has 0 aliphatic heterocycles. The molecule has 2 aromatic carbocycles. The number of aryl methyl sites for hydroxylation is 2. The first-order chi connectivity index (χ1) is 23.9. The van der Waals surface area contributed by atoms with Gasteiger partial charge in [-0.1, -0.05) is 62.4 Å². The molecule has 2 saturated carbocycles. The number of hydrogen-bond acceptors (Lipinski definition) is 8. The van der Waals surface area contributed by atoms with Gasteiger partial charge < -0.3 is 20.2 Å². The predicted molar refractivity (Wildman–Crippen MR) is 191 cm³/mol. The molecule has 2 atom stereocenters. The van der Waals surface area contributed by atoms with Gasteiger partial charge in [-0.25, -0.2) is 19.3 Å². The SMILES string of the molecule is Cc1nc2c(c(CO)nn2[C@@H](C)c2ccc(C3(C)CC3)cc2)c(=O)[nH]1.Cc1nc2c(c(CO)nn2[C@H](C)c2ccc(C3(C)CC3)cc2)c(=O)[nH]1. The average molecular weight is 677 g/mol. The van der Waals surface area contributed by atoms with Crippen molar-refractivity contribution < 1.29 is 10.2 Å². The van der Waals surface area contributed by atoms with Gasteiger partial charge in [0, 0.05) is 0 Å². The second kappa shape index (κ2) is 12.4. The van der Waals surface area contributed by atoms with Crippen LogP contribution in [0, 0.1) is 13.8 Å². The third-order valence-corrected chi connectivity index (χ3v) is 10.7. The Balaban J connectivity index is 0.000000157. The number of aromatic amines is 2. The van der Waals surface area contributed by atoms with Gasteiger partial charge in [0.2, 0.25) is 0 Å². The fourth-order valence-corrected chi connectivity index (χ4v) is 6.77. The second-order valence-electron chi connectivity index (χ2n) is 14.5. The quantitative estimate of drug-likeness (QED) is 0.171. The van der Waals surface area contributed by atoms with E-state index in [-0.39, 0.29) is 36.4 Å². The first-order valence-corrected chi connectivity index (χ1v) is 17.2. The molecule has 0 amide bonds. The highest BCUT2D eigenvalue weighted by Crippen LogP contribution is 2.48. The Kier molecular flexibility index (Phi) is 8.34. The predicted octanol–water partition coefficient (Wildman–Crippen LogP) is 5.16. The summed E-state index contributed by atoms with van der Waals surface area (Å²) in [5, 5.41) is 28.8. The lowest BCUT2D eigenvalue weighted by Gasteiger charge is -2.15. The lowest BCUT2D eigenvalue weighted by molar-refractivity contribution is 0.276. The van der Waals surface area contributed by atoms with E-state index in [9.17, 15) is 19.8 Å². The van der Waals surface area contributed by atoms with Crippen molar-refractivity contribution in [3.63, 3.8) is 0 Å². The molecule has 0 spiro atoms. The molecule has 8 rings (SSSR count). The van der Waals surface area contributed by atoms with Crippen LogP contribution in [0.4, 0.5) is 0 Å². The van der Waals surface area contributed by atoms with Crippen LogP contribution in [0.5, 0.6) is 0 Å². The highest BCUT2D eigenvalue weighted by atomic mass is 16.3. The molecule has 2 aliphatic rings. The van der Waals surface area contributed by atoms with Gasteiger partial charge in [0.05, 0.1) is 25.3 Å². The van der Waals surface area contributed by atoms with Crippen molar-refractivity contribution in [1.29, 1.82) is 0 Å². The minimum Gasteiger partial charge on any atom is -0.390 e. The Bertz CT molecular complexity index is 2160. The van der Waals surface area contributed by atoms with Crippen molar-refractivity contribution in [3.8, 4) is 0 Å². The lowest BCUT2D eigenvalue weighted by atomic mass is 9.96. The van der Waals surface area contributed by atoms with Gasteiger partial charge in [-0.15, -0.1) is 0 Å². The number of hydrogen-bond donors (Lipinski definition) is 4. The zero-order valence-electron chi connectivity index (χ0n) is 29.4. The fraction of sp³-hybridized carbons (Fsp3) is 0.421.